The number of hydrogen-bond acceptors (Lipinski definition) is 2. The van der Waals surface area contributed by atoms with Crippen LogP contribution in [0.1, 0.15) is 21.5 Å². The number of aliphatic hydroxyl groups excluding tert-OH is 1. The molecule has 3 rings (SSSR count). The molecular weight excluding hydrogens is 307 g/mol. The topological polar surface area (TPSA) is 65.1 Å². The first-order chi connectivity index (χ1) is 11.7. The highest BCUT2D eigenvalue weighted by molar-refractivity contribution is 6.00. The van der Waals surface area contributed by atoms with E-state index in [1.165, 1.54) is 12.1 Å². The lowest BCUT2D eigenvalue weighted by Gasteiger charge is -2.08. The second-order valence-electron chi connectivity index (χ2n) is 5.45. The highest BCUT2D eigenvalue weighted by atomic mass is 19.1. The van der Waals surface area contributed by atoms with Crippen molar-refractivity contribution in [3.63, 3.8) is 0 Å². The first kappa shape index (κ1) is 16.0. The quantitative estimate of drug-likeness (QED) is 0.674. The SMILES string of the molecule is O=C(NCc1cccc(CO)c1)c1c[nH]cc1-c1ccc(F)cc1. The van der Waals surface area contributed by atoms with Gasteiger partial charge in [0, 0.05) is 24.5 Å². The smallest absolute Gasteiger partial charge is 0.253 e. The number of aromatic amines is 1. The van der Waals surface area contributed by atoms with Gasteiger partial charge in [0.05, 0.1) is 12.2 Å². The van der Waals surface area contributed by atoms with E-state index in [0.717, 1.165) is 22.3 Å². The molecule has 0 bridgehead atoms. The normalized spacial score (nSPS) is 10.6. The average Bonchev–Trinajstić information content (AvgIpc) is 3.10. The second kappa shape index (κ2) is 7.10. The van der Waals surface area contributed by atoms with Crippen LogP contribution < -0.4 is 5.32 Å². The fraction of sp³-hybridized carbons (Fsp3) is 0.105. The van der Waals surface area contributed by atoms with Crippen molar-refractivity contribution < 1.29 is 14.3 Å². The van der Waals surface area contributed by atoms with E-state index in [1.54, 1.807) is 24.5 Å². The number of halogens is 1. The summed E-state index contributed by atoms with van der Waals surface area (Å²) in [5.41, 5.74) is 3.70. The zero-order chi connectivity index (χ0) is 16.9. The third-order valence-electron chi connectivity index (χ3n) is 3.77. The molecule has 2 aromatic carbocycles. The Hall–Kier alpha value is -2.92. The molecule has 4 nitrogen and oxygen atoms in total. The van der Waals surface area contributed by atoms with Crippen LogP contribution in [0.4, 0.5) is 4.39 Å². The van der Waals surface area contributed by atoms with Crippen molar-refractivity contribution in [1.29, 1.82) is 0 Å². The molecule has 1 aromatic heterocycles. The number of carbonyl (C=O) groups excluding carboxylic acids is 1. The lowest BCUT2D eigenvalue weighted by atomic mass is 10.0. The number of amides is 1. The van der Waals surface area contributed by atoms with Crippen LogP contribution in [-0.2, 0) is 13.2 Å². The monoisotopic (exact) mass is 324 g/mol. The van der Waals surface area contributed by atoms with E-state index < -0.39 is 0 Å². The summed E-state index contributed by atoms with van der Waals surface area (Å²) >= 11 is 0. The molecule has 0 spiro atoms. The number of aliphatic hydroxyl groups is 1. The molecule has 0 aliphatic carbocycles. The Morgan fingerprint density at radius 3 is 2.58 bits per heavy atom. The zero-order valence-corrected chi connectivity index (χ0v) is 12.9. The number of benzene rings is 2. The van der Waals surface area contributed by atoms with Crippen molar-refractivity contribution in [2.45, 2.75) is 13.2 Å². The predicted octanol–water partition coefficient (Wildman–Crippen LogP) is 3.24. The van der Waals surface area contributed by atoms with Gasteiger partial charge in [-0.3, -0.25) is 4.79 Å². The number of nitrogens with one attached hydrogen (secondary N) is 2. The lowest BCUT2D eigenvalue weighted by Crippen LogP contribution is -2.22. The van der Waals surface area contributed by atoms with Crippen LogP contribution in [0, 0.1) is 5.82 Å². The molecular formula is C19H17FN2O2. The molecule has 122 valence electrons. The molecule has 1 heterocycles. The zero-order valence-electron chi connectivity index (χ0n) is 12.9. The third kappa shape index (κ3) is 3.52. The summed E-state index contributed by atoms with van der Waals surface area (Å²) in [5, 5.41) is 12.0. The molecule has 0 radical (unpaired) electrons. The van der Waals surface area contributed by atoms with E-state index in [2.05, 4.69) is 10.3 Å². The lowest BCUT2D eigenvalue weighted by molar-refractivity contribution is 0.0951. The van der Waals surface area contributed by atoms with Gasteiger partial charge in [-0.2, -0.15) is 0 Å². The van der Waals surface area contributed by atoms with Gasteiger partial charge in [-0.25, -0.2) is 4.39 Å². The molecule has 1 amide bonds. The van der Waals surface area contributed by atoms with E-state index in [-0.39, 0.29) is 18.3 Å². The molecule has 3 aromatic rings. The molecule has 5 heteroatoms. The van der Waals surface area contributed by atoms with Crippen molar-refractivity contribution in [3.8, 4) is 11.1 Å². The maximum Gasteiger partial charge on any atom is 0.253 e. The van der Waals surface area contributed by atoms with Gasteiger partial charge in [0.25, 0.3) is 5.91 Å². The highest BCUT2D eigenvalue weighted by Gasteiger charge is 2.14. The third-order valence-corrected chi connectivity index (χ3v) is 3.77. The molecule has 0 aliphatic heterocycles. The first-order valence-electron chi connectivity index (χ1n) is 7.57. The fourth-order valence-electron chi connectivity index (χ4n) is 2.54. The molecule has 24 heavy (non-hydrogen) atoms. The molecule has 0 saturated heterocycles. The Morgan fingerprint density at radius 1 is 1.08 bits per heavy atom. The van der Waals surface area contributed by atoms with Gasteiger partial charge in [-0.1, -0.05) is 36.4 Å². The Balaban J connectivity index is 1.74. The Morgan fingerprint density at radius 2 is 1.83 bits per heavy atom. The van der Waals surface area contributed by atoms with Gasteiger partial charge in [-0.15, -0.1) is 0 Å². The van der Waals surface area contributed by atoms with E-state index in [0.29, 0.717) is 12.1 Å². The van der Waals surface area contributed by atoms with E-state index in [9.17, 15) is 9.18 Å². The van der Waals surface area contributed by atoms with Gasteiger partial charge in [0.2, 0.25) is 0 Å². The summed E-state index contributed by atoms with van der Waals surface area (Å²) in [6.07, 6.45) is 3.34. The fourth-order valence-corrected chi connectivity index (χ4v) is 2.54. The van der Waals surface area contributed by atoms with Gasteiger partial charge in [0.1, 0.15) is 5.82 Å². The van der Waals surface area contributed by atoms with Crippen molar-refractivity contribution >= 4 is 5.91 Å². The summed E-state index contributed by atoms with van der Waals surface area (Å²) in [5.74, 6) is -0.533. The van der Waals surface area contributed by atoms with Gasteiger partial charge < -0.3 is 15.4 Å². The van der Waals surface area contributed by atoms with E-state index >= 15 is 0 Å². The Labute approximate surface area is 139 Å². The predicted molar refractivity (Wildman–Crippen MR) is 89.7 cm³/mol. The van der Waals surface area contributed by atoms with Gasteiger partial charge >= 0.3 is 0 Å². The van der Waals surface area contributed by atoms with Crippen LogP contribution in [0.3, 0.4) is 0 Å². The molecule has 0 atom stereocenters. The number of H-pyrrole nitrogens is 1. The van der Waals surface area contributed by atoms with Gasteiger partial charge in [-0.05, 0) is 28.8 Å². The van der Waals surface area contributed by atoms with Crippen molar-refractivity contribution in [2.24, 2.45) is 0 Å². The highest BCUT2D eigenvalue weighted by Crippen LogP contribution is 2.23. The minimum Gasteiger partial charge on any atom is -0.392 e. The van der Waals surface area contributed by atoms with E-state index in [4.69, 9.17) is 5.11 Å². The molecule has 0 unspecified atom stereocenters. The van der Waals surface area contributed by atoms with Crippen molar-refractivity contribution in [1.82, 2.24) is 10.3 Å². The number of aromatic nitrogens is 1. The maximum atomic E-state index is 13.1. The molecule has 0 aliphatic rings. The second-order valence-corrected chi connectivity index (χ2v) is 5.45. The molecule has 0 saturated carbocycles. The van der Waals surface area contributed by atoms with Crippen LogP contribution >= 0.6 is 0 Å². The van der Waals surface area contributed by atoms with Crippen LogP contribution in [0.25, 0.3) is 11.1 Å². The number of carbonyl (C=O) groups is 1. The van der Waals surface area contributed by atoms with Gasteiger partial charge in [0.15, 0.2) is 0 Å². The number of rotatable bonds is 5. The molecule has 0 fully saturated rings. The Kier molecular flexibility index (Phi) is 4.72. The van der Waals surface area contributed by atoms with Crippen molar-refractivity contribution in [2.75, 3.05) is 0 Å². The maximum absolute atomic E-state index is 13.1. The van der Waals surface area contributed by atoms with Crippen LogP contribution in [0.2, 0.25) is 0 Å². The largest absolute Gasteiger partial charge is 0.392 e. The Bertz CT molecular complexity index is 841. The standard InChI is InChI=1S/C19H17FN2O2/c20-16-6-4-15(5-7-16)17-10-21-11-18(17)19(24)22-9-13-2-1-3-14(8-13)12-23/h1-8,10-11,21,23H,9,12H2,(H,22,24). The molecule has 3 N–H and O–H groups in total. The van der Waals surface area contributed by atoms with Crippen molar-refractivity contribution in [3.05, 3.63) is 83.4 Å². The summed E-state index contributed by atoms with van der Waals surface area (Å²) in [7, 11) is 0. The van der Waals surface area contributed by atoms with E-state index in [1.807, 2.05) is 24.3 Å². The summed E-state index contributed by atoms with van der Waals surface area (Å²) in [6.45, 7) is 0.328. The summed E-state index contributed by atoms with van der Waals surface area (Å²) in [6, 6.07) is 13.4. The minimum atomic E-state index is -0.316. The first-order valence-corrected chi connectivity index (χ1v) is 7.57. The van der Waals surface area contributed by atoms with Crippen LogP contribution in [0.5, 0.6) is 0 Å². The number of hydrogen-bond donors (Lipinski definition) is 3. The average molecular weight is 324 g/mol. The van der Waals surface area contributed by atoms with Crippen LogP contribution in [-0.4, -0.2) is 16.0 Å². The summed E-state index contributed by atoms with van der Waals surface area (Å²) < 4.78 is 13.1. The van der Waals surface area contributed by atoms with Crippen LogP contribution in [0.15, 0.2) is 60.9 Å². The summed E-state index contributed by atoms with van der Waals surface area (Å²) in [4.78, 5) is 15.4. The minimum absolute atomic E-state index is 0.0334.